The lowest BCUT2D eigenvalue weighted by molar-refractivity contribution is 0.00943. The lowest BCUT2D eigenvalue weighted by Gasteiger charge is -2.41. The van der Waals surface area contributed by atoms with Gasteiger partial charge >= 0.3 is 5.97 Å². The van der Waals surface area contributed by atoms with Crippen LogP contribution >= 0.6 is 0 Å². The van der Waals surface area contributed by atoms with Gasteiger partial charge in [-0.05, 0) is 66.7 Å². The van der Waals surface area contributed by atoms with Crippen LogP contribution in [0.15, 0.2) is 47.6 Å². The first kappa shape index (κ1) is 33.9. The minimum atomic E-state index is -2.22. The minimum absolute atomic E-state index is 0.0260. The van der Waals surface area contributed by atoms with Gasteiger partial charge in [-0.1, -0.05) is 78.8 Å². The Bertz CT molecular complexity index is 1120. The molecule has 2 rings (SSSR count). The van der Waals surface area contributed by atoms with E-state index in [9.17, 15) is 9.59 Å². The Morgan fingerprint density at radius 2 is 1.70 bits per heavy atom. The molecule has 0 radical (unpaired) electrons. The zero-order chi connectivity index (χ0) is 30.4. The highest BCUT2D eigenvalue weighted by molar-refractivity contribution is 6.75. The van der Waals surface area contributed by atoms with Crippen LogP contribution in [-0.2, 0) is 20.4 Å². The summed E-state index contributed by atoms with van der Waals surface area (Å²) in [5.74, 6) is 0.423. The first-order chi connectivity index (χ1) is 18.4. The number of benzene rings is 1. The van der Waals surface area contributed by atoms with E-state index < -0.39 is 28.7 Å². The van der Waals surface area contributed by atoms with Gasteiger partial charge in [0.2, 0.25) is 6.08 Å². The Balaban J connectivity index is 2.56. The van der Waals surface area contributed by atoms with Gasteiger partial charge < -0.3 is 13.6 Å². The number of aliphatic imine (C=N–C) groups is 1. The fourth-order valence-electron chi connectivity index (χ4n) is 4.07. The van der Waals surface area contributed by atoms with Crippen molar-refractivity contribution in [1.82, 2.24) is 0 Å². The number of ether oxygens (including phenoxy) is 1. The SMILES string of the molecule is C[C@H]1C/C=C/Cc2cccc(O[Si](C)(C)C(C)(C)C)c2C(=O)O[C@@H](CC=CN=C=O)C[C@H]1O[Si](C)(C)C(C)(C)C. The molecule has 0 saturated heterocycles. The molecular formula is C32H51NO5Si2. The number of nitrogens with zero attached hydrogens (tertiary/aromatic N) is 1. The maximum absolute atomic E-state index is 14.0. The molecule has 0 unspecified atom stereocenters. The first-order valence-electron chi connectivity index (χ1n) is 14.5. The third-order valence-electron chi connectivity index (χ3n) is 8.79. The lowest BCUT2D eigenvalue weighted by atomic mass is 9.93. The lowest BCUT2D eigenvalue weighted by Crippen LogP contribution is -2.46. The van der Waals surface area contributed by atoms with E-state index in [0.717, 1.165) is 12.0 Å². The summed E-state index contributed by atoms with van der Waals surface area (Å²) in [6.07, 6.45) is 10.9. The van der Waals surface area contributed by atoms with Crippen LogP contribution in [0.5, 0.6) is 5.75 Å². The second-order valence-corrected chi connectivity index (χ2v) is 23.5. The van der Waals surface area contributed by atoms with Crippen LogP contribution in [0, 0.1) is 5.92 Å². The normalized spacial score (nSPS) is 22.4. The van der Waals surface area contributed by atoms with Crippen LogP contribution in [0.4, 0.5) is 0 Å². The number of hydrogen-bond acceptors (Lipinski definition) is 6. The molecule has 40 heavy (non-hydrogen) atoms. The van der Waals surface area contributed by atoms with E-state index in [2.05, 4.69) is 91.8 Å². The molecule has 3 atom stereocenters. The van der Waals surface area contributed by atoms with Crippen molar-refractivity contribution in [2.45, 2.75) is 123 Å². The summed E-state index contributed by atoms with van der Waals surface area (Å²) in [5.41, 5.74) is 1.38. The maximum atomic E-state index is 14.0. The Labute approximate surface area is 244 Å². The van der Waals surface area contributed by atoms with E-state index in [4.69, 9.17) is 13.6 Å². The van der Waals surface area contributed by atoms with Gasteiger partial charge in [0.05, 0.1) is 6.10 Å². The summed E-state index contributed by atoms with van der Waals surface area (Å²) in [5, 5.41) is 0.0215. The zero-order valence-corrected chi connectivity index (χ0v) is 28.6. The average Bonchev–Trinajstić information content (AvgIpc) is 2.81. The maximum Gasteiger partial charge on any atom is 0.342 e. The van der Waals surface area contributed by atoms with Crippen LogP contribution in [0.3, 0.4) is 0 Å². The number of hydrogen-bond donors (Lipinski definition) is 0. The van der Waals surface area contributed by atoms with Crippen molar-refractivity contribution in [3.63, 3.8) is 0 Å². The van der Waals surface area contributed by atoms with Crippen LogP contribution in [-0.4, -0.2) is 40.9 Å². The van der Waals surface area contributed by atoms with E-state index in [1.54, 1.807) is 6.08 Å². The fourth-order valence-corrected chi connectivity index (χ4v) is 6.54. The van der Waals surface area contributed by atoms with Gasteiger partial charge in [-0.3, -0.25) is 0 Å². The smallest absolute Gasteiger partial charge is 0.342 e. The first-order valence-corrected chi connectivity index (χ1v) is 20.3. The molecule has 8 heteroatoms. The molecule has 0 saturated carbocycles. The molecule has 222 valence electrons. The average molecular weight is 586 g/mol. The fraction of sp³-hybridized carbons (Fsp3) is 0.625. The molecule has 1 aromatic carbocycles. The van der Waals surface area contributed by atoms with Crippen LogP contribution in [0.2, 0.25) is 36.3 Å². The Morgan fingerprint density at radius 3 is 2.30 bits per heavy atom. The van der Waals surface area contributed by atoms with Gasteiger partial charge in [-0.15, -0.1) is 0 Å². The summed E-state index contributed by atoms with van der Waals surface area (Å²) in [6, 6.07) is 5.82. The number of isocyanates is 1. The predicted octanol–water partition coefficient (Wildman–Crippen LogP) is 8.75. The summed E-state index contributed by atoms with van der Waals surface area (Å²) >= 11 is 0. The third kappa shape index (κ3) is 9.13. The summed E-state index contributed by atoms with van der Waals surface area (Å²) < 4.78 is 19.9. The minimum Gasteiger partial charge on any atom is -0.543 e. The van der Waals surface area contributed by atoms with Gasteiger partial charge in [0.25, 0.3) is 8.32 Å². The number of carbonyl (C=O) groups excluding carboxylic acids is 2. The summed E-state index contributed by atoms with van der Waals surface area (Å²) in [6.45, 7) is 24.3. The highest BCUT2D eigenvalue weighted by Gasteiger charge is 2.42. The van der Waals surface area contributed by atoms with Crippen LogP contribution in [0.25, 0.3) is 0 Å². The highest BCUT2D eigenvalue weighted by Crippen LogP contribution is 2.41. The van der Waals surface area contributed by atoms with Crippen molar-refractivity contribution in [2.24, 2.45) is 10.9 Å². The molecule has 0 amide bonds. The molecule has 1 aliphatic heterocycles. The standard InChI is InChI=1S/C32H51NO5Si2/c1-24-16-12-13-17-25-18-14-20-27(37-39(8,9)31(2,3)4)29(25)30(35)36-26(19-15-21-33-23-34)22-28(24)38-40(10,11)32(5,6)7/h12-15,18,20-21,24,26,28H,16-17,19,22H2,1-11H3/b13-12+,21-15?/t24-,26-,28+/m0/s1. The van der Waals surface area contributed by atoms with E-state index >= 15 is 0 Å². The largest absolute Gasteiger partial charge is 0.543 e. The Kier molecular flexibility index (Phi) is 11.5. The van der Waals surface area contributed by atoms with Crippen LogP contribution < -0.4 is 4.43 Å². The molecule has 0 fully saturated rings. The van der Waals surface area contributed by atoms with Gasteiger partial charge in [0.1, 0.15) is 17.4 Å². The van der Waals surface area contributed by atoms with Gasteiger partial charge in [-0.25, -0.2) is 9.59 Å². The van der Waals surface area contributed by atoms with Gasteiger partial charge in [-0.2, -0.15) is 4.99 Å². The molecule has 0 N–H and O–H groups in total. The molecule has 1 heterocycles. The number of fused-ring (bicyclic) bond motifs is 1. The second kappa shape index (κ2) is 13.6. The number of rotatable bonds is 7. The Morgan fingerprint density at radius 1 is 1.05 bits per heavy atom. The summed E-state index contributed by atoms with van der Waals surface area (Å²) in [7, 11) is -4.31. The zero-order valence-electron chi connectivity index (χ0n) is 26.6. The predicted molar refractivity (Wildman–Crippen MR) is 169 cm³/mol. The molecule has 0 bridgehead atoms. The van der Waals surface area contributed by atoms with Crippen molar-refractivity contribution in [3.05, 3.63) is 53.8 Å². The van der Waals surface area contributed by atoms with Crippen molar-refractivity contribution in [2.75, 3.05) is 0 Å². The van der Waals surface area contributed by atoms with E-state index in [1.165, 1.54) is 12.3 Å². The molecule has 1 aliphatic rings. The van der Waals surface area contributed by atoms with Crippen molar-refractivity contribution in [1.29, 1.82) is 0 Å². The molecule has 1 aromatic rings. The van der Waals surface area contributed by atoms with E-state index in [1.807, 2.05) is 18.2 Å². The molecular weight excluding hydrogens is 535 g/mol. The Hall–Kier alpha value is -2.26. The third-order valence-corrected chi connectivity index (χ3v) is 17.6. The topological polar surface area (TPSA) is 74.2 Å². The van der Waals surface area contributed by atoms with Crippen molar-refractivity contribution >= 4 is 28.7 Å². The van der Waals surface area contributed by atoms with Crippen molar-refractivity contribution in [3.8, 4) is 5.75 Å². The quantitative estimate of drug-likeness (QED) is 0.105. The number of allylic oxidation sites excluding steroid dienone is 2. The highest BCUT2D eigenvalue weighted by atomic mass is 28.4. The molecule has 0 aromatic heterocycles. The van der Waals surface area contributed by atoms with Crippen molar-refractivity contribution < 1.29 is 23.2 Å². The van der Waals surface area contributed by atoms with E-state index in [0.29, 0.717) is 30.6 Å². The molecule has 6 nitrogen and oxygen atoms in total. The number of carbonyl (C=O) groups is 1. The molecule has 0 spiro atoms. The summed E-state index contributed by atoms with van der Waals surface area (Å²) in [4.78, 5) is 28.1. The molecule has 0 aliphatic carbocycles. The number of cyclic esters (lactones) is 1. The van der Waals surface area contributed by atoms with Crippen LogP contribution in [0.1, 0.15) is 83.7 Å². The van der Waals surface area contributed by atoms with Gasteiger partial charge in [0.15, 0.2) is 8.32 Å². The van der Waals surface area contributed by atoms with Gasteiger partial charge in [0, 0.05) is 19.0 Å². The second-order valence-electron chi connectivity index (χ2n) is 14.1. The monoisotopic (exact) mass is 585 g/mol. The number of esters is 1. The van der Waals surface area contributed by atoms with E-state index in [-0.39, 0.29) is 22.1 Å².